The van der Waals surface area contributed by atoms with Crippen LogP contribution in [-0.2, 0) is 9.59 Å². The molecule has 4 atom stereocenters. The number of carbonyl (C=O) groups is 2. The molecule has 106 valence electrons. The molecular weight excluding hydrogens is 330 g/mol. The quantitative estimate of drug-likeness (QED) is 0.580. The van der Waals surface area contributed by atoms with Gasteiger partial charge in [0.2, 0.25) is 11.8 Å². The number of allylic oxidation sites excluding steroid dienone is 2. The Balaban J connectivity index is 1.59. The molecule has 0 unspecified atom stereocenters. The van der Waals surface area contributed by atoms with E-state index in [1.807, 2.05) is 24.3 Å². The Labute approximate surface area is 131 Å². The Morgan fingerprint density at radius 2 is 1.67 bits per heavy atom. The maximum Gasteiger partial charge on any atom is 0.238 e. The van der Waals surface area contributed by atoms with E-state index in [0.29, 0.717) is 17.5 Å². The van der Waals surface area contributed by atoms with Gasteiger partial charge in [0.25, 0.3) is 0 Å². The highest BCUT2D eigenvalue weighted by atomic mass is 79.9. The van der Waals surface area contributed by atoms with Gasteiger partial charge in [0.05, 0.1) is 17.5 Å². The van der Waals surface area contributed by atoms with Crippen LogP contribution in [0.5, 0.6) is 0 Å². The summed E-state index contributed by atoms with van der Waals surface area (Å²) in [6, 6.07) is 7.45. The molecule has 0 radical (unpaired) electrons. The Bertz CT molecular complexity index is 687. The molecule has 21 heavy (non-hydrogen) atoms. The summed E-state index contributed by atoms with van der Waals surface area (Å²) < 4.78 is 0.886. The molecule has 2 amide bonds. The summed E-state index contributed by atoms with van der Waals surface area (Å²) in [6.45, 7) is 0. The van der Waals surface area contributed by atoms with Crippen LogP contribution in [0.3, 0.4) is 0 Å². The molecule has 4 heteroatoms. The summed E-state index contributed by atoms with van der Waals surface area (Å²) in [7, 11) is 0. The summed E-state index contributed by atoms with van der Waals surface area (Å²) >= 11 is 3.41. The number of hydrogen-bond donors (Lipinski definition) is 0. The molecule has 3 nitrogen and oxygen atoms in total. The van der Waals surface area contributed by atoms with Gasteiger partial charge >= 0.3 is 0 Å². The van der Waals surface area contributed by atoms with Gasteiger partial charge in [0.15, 0.2) is 0 Å². The van der Waals surface area contributed by atoms with Crippen molar-refractivity contribution in [1.82, 2.24) is 0 Å². The van der Waals surface area contributed by atoms with Crippen LogP contribution in [0.2, 0.25) is 0 Å². The van der Waals surface area contributed by atoms with Gasteiger partial charge < -0.3 is 0 Å². The molecule has 3 aliphatic carbocycles. The van der Waals surface area contributed by atoms with Crippen molar-refractivity contribution in [3.05, 3.63) is 40.9 Å². The van der Waals surface area contributed by atoms with Gasteiger partial charge in [-0.3, -0.25) is 9.59 Å². The van der Waals surface area contributed by atoms with Crippen molar-refractivity contribution >= 4 is 33.4 Å². The number of anilines is 1. The van der Waals surface area contributed by atoms with Crippen LogP contribution in [-0.4, -0.2) is 11.8 Å². The van der Waals surface area contributed by atoms with Gasteiger partial charge in [-0.2, -0.15) is 0 Å². The minimum Gasteiger partial charge on any atom is -0.274 e. The van der Waals surface area contributed by atoms with E-state index in [9.17, 15) is 9.59 Å². The summed E-state index contributed by atoms with van der Waals surface area (Å²) in [4.78, 5) is 27.2. The smallest absolute Gasteiger partial charge is 0.238 e. The van der Waals surface area contributed by atoms with Crippen LogP contribution in [0.25, 0.3) is 0 Å². The molecule has 3 fully saturated rings. The second kappa shape index (κ2) is 3.67. The first kappa shape index (κ1) is 12.2. The summed E-state index contributed by atoms with van der Waals surface area (Å²) in [5.74, 6) is 0.364. The fourth-order valence-corrected chi connectivity index (χ4v) is 5.34. The fraction of sp³-hybridized carbons (Fsp3) is 0.412. The standard InChI is InChI=1S/C17H14BrNO2/c18-9-2-1-3-10(8-9)19-15(20)13-11-4-5-12(14(13)16(19)21)17(11)6-7-17/h1-5,8,11-14H,6-7H2/t11-,12-,13-,14+/m0/s1. The van der Waals surface area contributed by atoms with Crippen molar-refractivity contribution in [2.24, 2.45) is 29.1 Å². The third-order valence-corrected chi connectivity index (χ3v) is 6.41. The second-order valence-corrected chi connectivity index (χ2v) is 7.63. The molecule has 1 heterocycles. The zero-order chi connectivity index (χ0) is 14.4. The molecule has 0 N–H and O–H groups in total. The number of hydrogen-bond acceptors (Lipinski definition) is 2. The Hall–Kier alpha value is -1.42. The van der Waals surface area contributed by atoms with E-state index in [4.69, 9.17) is 0 Å². The number of fused-ring (bicyclic) bond motifs is 3. The van der Waals surface area contributed by atoms with Crippen molar-refractivity contribution in [2.45, 2.75) is 12.8 Å². The third kappa shape index (κ3) is 1.30. The minimum atomic E-state index is -0.117. The van der Waals surface area contributed by atoms with E-state index in [1.165, 1.54) is 17.7 Å². The molecule has 1 spiro atoms. The van der Waals surface area contributed by atoms with Crippen molar-refractivity contribution < 1.29 is 9.59 Å². The molecule has 1 aliphatic heterocycles. The molecule has 2 saturated carbocycles. The average molecular weight is 344 g/mol. The molecule has 1 saturated heterocycles. The number of benzene rings is 1. The summed E-state index contributed by atoms with van der Waals surface area (Å²) in [6.07, 6.45) is 6.77. The minimum absolute atomic E-state index is 0.00576. The molecule has 1 aromatic carbocycles. The van der Waals surface area contributed by atoms with E-state index >= 15 is 0 Å². The van der Waals surface area contributed by atoms with Gasteiger partial charge in [-0.1, -0.05) is 34.1 Å². The van der Waals surface area contributed by atoms with E-state index in [-0.39, 0.29) is 29.1 Å². The third-order valence-electron chi connectivity index (χ3n) is 5.92. The first-order chi connectivity index (χ1) is 10.1. The lowest BCUT2D eigenvalue weighted by Crippen LogP contribution is -2.34. The molecule has 0 aromatic heterocycles. The second-order valence-electron chi connectivity index (χ2n) is 6.71. The normalized spacial score (nSPS) is 37.7. The molecular formula is C17H14BrNO2. The lowest BCUT2D eigenvalue weighted by molar-refractivity contribution is -0.123. The Morgan fingerprint density at radius 3 is 2.19 bits per heavy atom. The zero-order valence-corrected chi connectivity index (χ0v) is 12.9. The number of rotatable bonds is 1. The number of carbonyl (C=O) groups excluding carboxylic acids is 2. The van der Waals surface area contributed by atoms with Gasteiger partial charge in [0, 0.05) is 4.47 Å². The maximum absolute atomic E-state index is 12.9. The summed E-state index contributed by atoms with van der Waals surface area (Å²) in [5.41, 5.74) is 0.960. The van der Waals surface area contributed by atoms with Gasteiger partial charge in [-0.05, 0) is 48.3 Å². The largest absolute Gasteiger partial charge is 0.274 e. The SMILES string of the molecule is O=C1[C@@H]2[C@H](C(=O)N1c1cccc(Br)c1)[C@@H]1C=C[C@@H]2C12CC2. The Morgan fingerprint density at radius 1 is 1.05 bits per heavy atom. The Kier molecular flexibility index (Phi) is 2.12. The van der Waals surface area contributed by atoms with Crippen LogP contribution in [0.15, 0.2) is 40.9 Å². The lowest BCUT2D eigenvalue weighted by Gasteiger charge is -2.21. The van der Waals surface area contributed by atoms with Gasteiger partial charge in [0.1, 0.15) is 0 Å². The predicted octanol–water partition coefficient (Wildman–Crippen LogP) is 3.15. The highest BCUT2D eigenvalue weighted by molar-refractivity contribution is 9.10. The predicted molar refractivity (Wildman–Crippen MR) is 81.4 cm³/mol. The first-order valence-electron chi connectivity index (χ1n) is 7.45. The van der Waals surface area contributed by atoms with Crippen molar-refractivity contribution in [1.29, 1.82) is 0 Å². The summed E-state index contributed by atoms with van der Waals surface area (Å²) in [5, 5.41) is 0. The van der Waals surface area contributed by atoms with Crippen LogP contribution in [0.4, 0.5) is 5.69 Å². The first-order valence-corrected chi connectivity index (χ1v) is 8.24. The molecule has 1 aromatic rings. The van der Waals surface area contributed by atoms with E-state index < -0.39 is 0 Å². The number of nitrogens with zero attached hydrogens (tertiary/aromatic N) is 1. The molecule has 5 rings (SSSR count). The van der Waals surface area contributed by atoms with Crippen molar-refractivity contribution in [2.75, 3.05) is 4.90 Å². The van der Waals surface area contributed by atoms with E-state index in [0.717, 1.165) is 4.47 Å². The monoisotopic (exact) mass is 343 g/mol. The zero-order valence-electron chi connectivity index (χ0n) is 11.3. The van der Waals surface area contributed by atoms with Gasteiger partial charge in [-0.15, -0.1) is 0 Å². The topological polar surface area (TPSA) is 37.4 Å². The molecule has 2 bridgehead atoms. The lowest BCUT2D eigenvalue weighted by atomic mass is 9.85. The van der Waals surface area contributed by atoms with E-state index in [2.05, 4.69) is 28.1 Å². The maximum atomic E-state index is 12.9. The highest BCUT2D eigenvalue weighted by Crippen LogP contribution is 2.73. The number of imide groups is 1. The van der Waals surface area contributed by atoms with Crippen LogP contribution in [0.1, 0.15) is 12.8 Å². The highest BCUT2D eigenvalue weighted by Gasteiger charge is 2.73. The van der Waals surface area contributed by atoms with Crippen LogP contribution >= 0.6 is 15.9 Å². The van der Waals surface area contributed by atoms with Crippen LogP contribution in [0, 0.1) is 29.1 Å². The fourth-order valence-electron chi connectivity index (χ4n) is 4.95. The van der Waals surface area contributed by atoms with Crippen molar-refractivity contribution in [3.63, 3.8) is 0 Å². The van der Waals surface area contributed by atoms with E-state index in [1.54, 1.807) is 0 Å². The molecule has 4 aliphatic rings. The van der Waals surface area contributed by atoms with Crippen LogP contribution < -0.4 is 4.90 Å². The number of halogens is 1. The van der Waals surface area contributed by atoms with Gasteiger partial charge in [-0.25, -0.2) is 4.90 Å². The average Bonchev–Trinajstić information content (AvgIpc) is 3.05. The van der Waals surface area contributed by atoms with Crippen molar-refractivity contribution in [3.8, 4) is 0 Å². The number of amides is 2.